The van der Waals surface area contributed by atoms with Gasteiger partial charge in [0.05, 0.1) is 19.3 Å². The topological polar surface area (TPSA) is 24.5 Å². The van der Waals surface area contributed by atoms with Crippen LogP contribution in [0.4, 0.5) is 0 Å². The molecule has 4 heteroatoms. The minimum Gasteiger partial charge on any atom is -0.379 e. The first-order chi connectivity index (χ1) is 9.13. The van der Waals surface area contributed by atoms with Crippen LogP contribution < -0.4 is 5.32 Å². The number of nitrogens with zero attached hydrogens (tertiary/aromatic N) is 1. The van der Waals surface area contributed by atoms with Gasteiger partial charge in [-0.1, -0.05) is 6.92 Å². The average molecular weight is 282 g/mol. The van der Waals surface area contributed by atoms with E-state index in [1.54, 1.807) is 0 Å². The lowest BCUT2D eigenvalue weighted by Crippen LogP contribution is -2.57. The van der Waals surface area contributed by atoms with E-state index in [0.29, 0.717) is 6.04 Å². The monoisotopic (exact) mass is 282 g/mol. The maximum atomic E-state index is 5.51. The Kier molecular flexibility index (Phi) is 5.01. The third-order valence-corrected chi connectivity index (χ3v) is 5.43. The van der Waals surface area contributed by atoms with Gasteiger partial charge < -0.3 is 10.1 Å². The number of morpholine rings is 1. The zero-order chi connectivity index (χ0) is 13.9. The Morgan fingerprint density at radius 2 is 2.16 bits per heavy atom. The largest absolute Gasteiger partial charge is 0.379 e. The number of hydrogen-bond donors (Lipinski definition) is 1. The second-order valence-corrected chi connectivity index (χ2v) is 6.58. The fourth-order valence-corrected chi connectivity index (χ4v) is 3.92. The fourth-order valence-electron chi connectivity index (χ4n) is 3.18. The first kappa shape index (κ1) is 15.0. The molecule has 3 nitrogen and oxygen atoms in total. The van der Waals surface area contributed by atoms with Crippen LogP contribution in [0, 0.1) is 6.92 Å². The van der Waals surface area contributed by atoms with Crippen LogP contribution in [0.5, 0.6) is 0 Å². The molecule has 2 unspecified atom stereocenters. The van der Waals surface area contributed by atoms with E-state index in [4.69, 9.17) is 4.74 Å². The molecule has 0 aliphatic carbocycles. The van der Waals surface area contributed by atoms with E-state index < -0.39 is 0 Å². The molecule has 1 fully saturated rings. The van der Waals surface area contributed by atoms with Gasteiger partial charge in [0.25, 0.3) is 0 Å². The van der Waals surface area contributed by atoms with Crippen LogP contribution >= 0.6 is 11.3 Å². The summed E-state index contributed by atoms with van der Waals surface area (Å²) in [6.07, 6.45) is 1.13. The van der Waals surface area contributed by atoms with E-state index in [0.717, 1.165) is 32.7 Å². The van der Waals surface area contributed by atoms with Gasteiger partial charge in [-0.2, -0.15) is 0 Å². The third kappa shape index (κ3) is 2.87. The molecule has 1 N–H and O–H groups in total. The van der Waals surface area contributed by atoms with E-state index in [1.165, 1.54) is 10.4 Å². The Morgan fingerprint density at radius 3 is 2.63 bits per heavy atom. The summed E-state index contributed by atoms with van der Waals surface area (Å²) in [7, 11) is 2.08. The number of aryl methyl sites for hydroxylation is 1. The smallest absolute Gasteiger partial charge is 0.0594 e. The lowest BCUT2D eigenvalue weighted by molar-refractivity contribution is -0.0319. The molecule has 1 saturated heterocycles. The first-order valence-corrected chi connectivity index (χ1v) is 8.05. The standard InChI is InChI=1S/C15H26N2OS/c1-5-15(3,17-7-9-18-10-8-17)14(16-4)13-6-11-19-12(13)2/h6,11,14,16H,5,7-10H2,1-4H3. The van der Waals surface area contributed by atoms with Crippen LogP contribution in [0.1, 0.15) is 36.8 Å². The number of hydrogen-bond acceptors (Lipinski definition) is 4. The molecule has 0 radical (unpaired) electrons. The molecular formula is C15H26N2OS. The summed E-state index contributed by atoms with van der Waals surface area (Å²) in [5.74, 6) is 0. The summed E-state index contributed by atoms with van der Waals surface area (Å²) in [4.78, 5) is 4.02. The van der Waals surface area contributed by atoms with Gasteiger partial charge in [-0.25, -0.2) is 0 Å². The van der Waals surface area contributed by atoms with E-state index in [9.17, 15) is 0 Å². The Morgan fingerprint density at radius 1 is 1.47 bits per heavy atom. The summed E-state index contributed by atoms with van der Waals surface area (Å²) < 4.78 is 5.51. The van der Waals surface area contributed by atoms with Crippen molar-refractivity contribution in [1.29, 1.82) is 0 Å². The van der Waals surface area contributed by atoms with E-state index >= 15 is 0 Å². The van der Waals surface area contributed by atoms with Gasteiger partial charge in [0.15, 0.2) is 0 Å². The molecular weight excluding hydrogens is 256 g/mol. The molecule has 0 amide bonds. The summed E-state index contributed by atoms with van der Waals surface area (Å²) in [5, 5.41) is 5.76. The van der Waals surface area contributed by atoms with Gasteiger partial charge in [0, 0.05) is 23.5 Å². The van der Waals surface area contributed by atoms with Crippen LogP contribution in [0.3, 0.4) is 0 Å². The van der Waals surface area contributed by atoms with Gasteiger partial charge in [-0.15, -0.1) is 11.3 Å². The molecule has 19 heavy (non-hydrogen) atoms. The Bertz CT molecular complexity index is 401. The molecule has 0 spiro atoms. The van der Waals surface area contributed by atoms with E-state index in [-0.39, 0.29) is 5.54 Å². The maximum Gasteiger partial charge on any atom is 0.0594 e. The maximum absolute atomic E-state index is 5.51. The van der Waals surface area contributed by atoms with Crippen LogP contribution in [0.2, 0.25) is 0 Å². The lowest BCUT2D eigenvalue weighted by atomic mass is 9.83. The third-order valence-electron chi connectivity index (χ3n) is 4.57. The molecule has 2 heterocycles. The van der Waals surface area contributed by atoms with Crippen LogP contribution in [-0.2, 0) is 4.74 Å². The number of thiophene rings is 1. The van der Waals surface area contributed by atoms with Crippen LogP contribution in [0.15, 0.2) is 11.4 Å². The van der Waals surface area contributed by atoms with Gasteiger partial charge in [0.2, 0.25) is 0 Å². The van der Waals surface area contributed by atoms with Crippen LogP contribution in [0.25, 0.3) is 0 Å². The quantitative estimate of drug-likeness (QED) is 0.899. The van der Waals surface area contributed by atoms with Crippen molar-refractivity contribution in [2.75, 3.05) is 33.4 Å². The van der Waals surface area contributed by atoms with Crippen molar-refractivity contribution in [3.63, 3.8) is 0 Å². The lowest BCUT2D eigenvalue weighted by Gasteiger charge is -2.48. The molecule has 108 valence electrons. The van der Waals surface area contributed by atoms with E-state index in [1.807, 2.05) is 11.3 Å². The number of likely N-dealkylation sites (N-methyl/N-ethyl adjacent to an activating group) is 1. The van der Waals surface area contributed by atoms with Crippen molar-refractivity contribution in [2.24, 2.45) is 0 Å². The van der Waals surface area contributed by atoms with Crippen molar-refractivity contribution in [3.8, 4) is 0 Å². The summed E-state index contributed by atoms with van der Waals surface area (Å²) in [5.41, 5.74) is 1.59. The average Bonchev–Trinajstić information content (AvgIpc) is 2.86. The molecule has 0 aromatic carbocycles. The predicted octanol–water partition coefficient (Wildman–Crippen LogP) is 2.82. The second-order valence-electron chi connectivity index (χ2n) is 5.46. The molecule has 2 atom stereocenters. The Labute approximate surface area is 121 Å². The van der Waals surface area contributed by atoms with Gasteiger partial charge >= 0.3 is 0 Å². The fraction of sp³-hybridized carbons (Fsp3) is 0.733. The van der Waals surface area contributed by atoms with Gasteiger partial charge in [-0.3, -0.25) is 4.90 Å². The molecule has 0 saturated carbocycles. The van der Waals surface area contributed by atoms with Crippen molar-refractivity contribution >= 4 is 11.3 Å². The highest BCUT2D eigenvalue weighted by molar-refractivity contribution is 7.10. The molecule has 2 rings (SSSR count). The second kappa shape index (κ2) is 6.35. The summed E-state index contributed by atoms with van der Waals surface area (Å²) >= 11 is 1.84. The van der Waals surface area contributed by atoms with Crippen molar-refractivity contribution in [2.45, 2.75) is 38.8 Å². The molecule has 1 aliphatic rings. The highest BCUT2D eigenvalue weighted by Crippen LogP contribution is 2.37. The Balaban J connectivity index is 2.29. The summed E-state index contributed by atoms with van der Waals surface area (Å²) in [6, 6.07) is 2.65. The van der Waals surface area contributed by atoms with Crippen molar-refractivity contribution < 1.29 is 4.74 Å². The van der Waals surface area contributed by atoms with Crippen molar-refractivity contribution in [3.05, 3.63) is 21.9 Å². The molecule has 1 aliphatic heterocycles. The highest BCUT2D eigenvalue weighted by Gasteiger charge is 2.39. The van der Waals surface area contributed by atoms with Crippen LogP contribution in [-0.4, -0.2) is 43.8 Å². The highest BCUT2D eigenvalue weighted by atomic mass is 32.1. The Hall–Kier alpha value is -0.420. The van der Waals surface area contributed by atoms with E-state index in [2.05, 4.69) is 49.5 Å². The van der Waals surface area contributed by atoms with Gasteiger partial charge in [0.1, 0.15) is 0 Å². The number of nitrogens with one attached hydrogen (secondary N) is 1. The minimum atomic E-state index is 0.143. The minimum absolute atomic E-state index is 0.143. The van der Waals surface area contributed by atoms with Gasteiger partial charge in [-0.05, 0) is 44.3 Å². The zero-order valence-electron chi connectivity index (χ0n) is 12.5. The number of rotatable bonds is 5. The predicted molar refractivity (Wildman–Crippen MR) is 81.9 cm³/mol. The zero-order valence-corrected chi connectivity index (χ0v) is 13.3. The summed E-state index contributed by atoms with van der Waals surface area (Å²) in [6.45, 7) is 10.7. The van der Waals surface area contributed by atoms with Crippen molar-refractivity contribution in [1.82, 2.24) is 10.2 Å². The first-order valence-electron chi connectivity index (χ1n) is 7.17. The molecule has 1 aromatic heterocycles. The molecule has 1 aromatic rings. The number of ether oxygens (including phenoxy) is 1. The SMILES string of the molecule is CCC(C)(C(NC)c1ccsc1C)N1CCOCC1. The molecule has 0 bridgehead atoms. The normalized spacial score (nSPS) is 22.1.